The molecule has 2 aromatic rings. The molecule has 8 aliphatic carbocycles. The van der Waals surface area contributed by atoms with Crippen LogP contribution in [0.5, 0.6) is 0 Å². The van der Waals surface area contributed by atoms with E-state index < -0.39 is 0 Å². The number of nitrogens with zero attached hydrogens (tertiary/aromatic N) is 14. The Morgan fingerprint density at radius 2 is 0.736 bits per heavy atom. The molecule has 0 aliphatic heterocycles. The van der Waals surface area contributed by atoms with Crippen LogP contribution in [0.25, 0.3) is 51.6 Å². The fourth-order valence-corrected chi connectivity index (χ4v) is 18.7. The van der Waals surface area contributed by atoms with Gasteiger partial charge in [-0.2, -0.15) is 0 Å². The first-order chi connectivity index (χ1) is 50.2. The Hall–Kier alpha value is -11.0. The summed E-state index contributed by atoms with van der Waals surface area (Å²) in [5, 5.41) is 67.0. The summed E-state index contributed by atoms with van der Waals surface area (Å²) in [6.45, 7) is 91.7. The number of hydrogen-bond acceptors (Lipinski definition) is 7. The van der Waals surface area contributed by atoms with E-state index in [1.54, 1.807) is 0 Å². The van der Waals surface area contributed by atoms with Gasteiger partial charge >= 0.3 is 0 Å². The van der Waals surface area contributed by atoms with Crippen molar-refractivity contribution < 1.29 is 0 Å². The van der Waals surface area contributed by atoms with Gasteiger partial charge in [-0.05, 0) is 248 Å². The predicted molar refractivity (Wildman–Crippen MR) is 417 cm³/mol. The van der Waals surface area contributed by atoms with Crippen molar-refractivity contribution in [2.75, 3.05) is 0 Å². The van der Waals surface area contributed by atoms with Crippen LogP contribution in [0, 0.1) is 237 Å². The summed E-state index contributed by atoms with van der Waals surface area (Å²) in [5.74, 6) is 5.92. The fourth-order valence-electron chi connectivity index (χ4n) is 18.7. The third kappa shape index (κ3) is 16.9. The molecule has 538 valence electrons. The zero-order chi connectivity index (χ0) is 78.7. The fraction of sp³-hybridized carbons (Fsp3) is 0.522. The summed E-state index contributed by atoms with van der Waals surface area (Å²) in [5.41, 5.74) is 14.6. The summed E-state index contributed by atoms with van der Waals surface area (Å²) in [7, 11) is 0. The van der Waals surface area contributed by atoms with E-state index >= 15 is 0 Å². The lowest BCUT2D eigenvalue weighted by Gasteiger charge is -2.41. The molecule has 6 fully saturated rings. The zero-order valence-electron chi connectivity index (χ0n) is 65.3. The van der Waals surface area contributed by atoms with E-state index in [9.17, 15) is 36.8 Å². The zero-order valence-corrected chi connectivity index (χ0v) is 65.3. The Morgan fingerprint density at radius 3 is 1.01 bits per heavy atom. The molecule has 0 radical (unpaired) electrons. The van der Waals surface area contributed by atoms with Gasteiger partial charge in [-0.3, -0.25) is 0 Å². The van der Waals surface area contributed by atoms with E-state index in [1.807, 2.05) is 45.9 Å². The van der Waals surface area contributed by atoms with Crippen molar-refractivity contribution in [1.82, 2.24) is 0 Å². The molecule has 14 heteroatoms. The molecule has 0 bridgehead atoms. The summed E-state index contributed by atoms with van der Waals surface area (Å²) in [6, 6.07) is 27.4. The highest BCUT2D eigenvalue weighted by Gasteiger charge is 2.57. The van der Waals surface area contributed by atoms with Crippen molar-refractivity contribution in [2.24, 2.45) is 111 Å². The van der Waals surface area contributed by atoms with E-state index in [-0.39, 0.29) is 104 Å². The van der Waals surface area contributed by atoms with E-state index in [0.29, 0.717) is 65.6 Å². The maximum Gasteiger partial charge on any atom is 0.270 e. The van der Waals surface area contributed by atoms with Gasteiger partial charge in [-0.1, -0.05) is 185 Å². The smallest absolute Gasteiger partial charge is 0.227 e. The molecule has 14 nitrogen and oxygen atoms in total. The van der Waals surface area contributed by atoms with E-state index in [4.69, 9.17) is 46.0 Å². The Labute approximate surface area is 633 Å². The molecule has 11 unspecified atom stereocenters. The molecule has 0 N–H and O–H groups in total. The first kappa shape index (κ1) is 82.2. The molecule has 0 spiro atoms. The van der Waals surface area contributed by atoms with Crippen LogP contribution in [-0.4, -0.2) is 0 Å². The van der Waals surface area contributed by atoms with Crippen LogP contribution in [0.2, 0.25) is 0 Å². The molecule has 0 aromatic heterocycles. The molecular formula is C92H100N14. The van der Waals surface area contributed by atoms with E-state index in [0.717, 1.165) is 118 Å². The lowest BCUT2D eigenvalue weighted by molar-refractivity contribution is 0.213. The van der Waals surface area contributed by atoms with Crippen molar-refractivity contribution in [3.63, 3.8) is 0 Å². The second kappa shape index (κ2) is 34.7. The number of fused-ring (bicyclic) bond motifs is 7. The standard InChI is InChI=1S/C26H32N4.C24H28N4.C24H22N2.C18H18N4/c1-25(2,3)15-9-17-18(10-15)24(22(14-28)30-8)20-12-16(26(4,5)6)11-19(20)23(17)21(13-27)29-7;1-13(2)15-7-17-18-8-16(14(3)4)10-20(18)24(22(12-26)28-6)23(19(17)9-15)21(11-25)27-5;1-15(2)19-10-8-17-6-7-18-9-11-20(16(3)4)13-22(18)24(21(17)12-19)23(14-25)26-5;1-11(2)13-7-16(18(10-20)22-6)14(12(3)4)8-15(13)17(9-19)21-5/h15-20H,9-12H2,1-6H3;13-20H,7-10H2,1-4H3;6-13,15-16H,1-4H3;7,11-12,14H,8H2,1-4H3/b;23-21+,24-22?;;17-15+,18-16-. The van der Waals surface area contributed by atoms with Crippen LogP contribution in [0.3, 0.4) is 0 Å². The van der Waals surface area contributed by atoms with Gasteiger partial charge in [0.1, 0.15) is 0 Å². The number of hydrogen-bond donors (Lipinski definition) is 0. The third-order valence-corrected chi connectivity index (χ3v) is 24.7. The van der Waals surface area contributed by atoms with Crippen LogP contribution in [0.15, 0.2) is 121 Å². The van der Waals surface area contributed by atoms with Crippen LogP contribution < -0.4 is 0 Å². The quantitative estimate of drug-likeness (QED) is 0.173. The van der Waals surface area contributed by atoms with Crippen molar-refractivity contribution in [2.45, 2.75) is 194 Å². The second-order valence-corrected chi connectivity index (χ2v) is 34.2. The minimum Gasteiger partial charge on any atom is -0.227 e. The summed E-state index contributed by atoms with van der Waals surface area (Å²) >= 11 is 0. The van der Waals surface area contributed by atoms with E-state index in [1.165, 1.54) is 11.1 Å². The van der Waals surface area contributed by atoms with Crippen molar-refractivity contribution in [3.8, 4) is 42.5 Å². The minimum absolute atomic E-state index is 0.0219. The third-order valence-electron chi connectivity index (χ3n) is 24.7. The molecule has 106 heavy (non-hydrogen) atoms. The topological polar surface area (TPSA) is 197 Å². The summed E-state index contributed by atoms with van der Waals surface area (Å²) in [6.07, 6.45) is 14.5. The Morgan fingerprint density at radius 1 is 0.396 bits per heavy atom. The van der Waals surface area contributed by atoms with Gasteiger partial charge in [0.15, 0.2) is 0 Å². The molecule has 0 heterocycles. The monoisotopic (exact) mass is 1400 g/mol. The SMILES string of the molecule is [C-]#[N+]/C(C#N)=C1\CC(C(C)C)/C(=C(/C#N)[N+]#[C-])C=C1C(C)C.[C-]#[N+]C(C#N)=C1/C(=C(\C#N)[N+]#[C-])C2CC(C(C)C)CC2C2CC(C(C)C)CC12.[C-]#[N+]C(C#N)=C1C2CC(C(C)(C)C)CC2C(=C(C#N)[N+]#[C-])C2CC(C(C)(C)C)CC12.[C-]#[N+]C(C#N)=C1c2cc(C(C)C)ccc2C=Cc2ccc(C(C)C)cc21. The van der Waals surface area contributed by atoms with Gasteiger partial charge in [0.2, 0.25) is 0 Å². The molecule has 2 aromatic carbocycles. The highest BCUT2D eigenvalue weighted by molar-refractivity contribution is 5.97. The van der Waals surface area contributed by atoms with Crippen LogP contribution in [0.1, 0.15) is 228 Å². The van der Waals surface area contributed by atoms with Crippen molar-refractivity contribution in [1.29, 1.82) is 36.8 Å². The lowest BCUT2D eigenvalue weighted by Crippen LogP contribution is -2.33. The van der Waals surface area contributed by atoms with Gasteiger partial charge in [-0.25, -0.2) is 70.7 Å². The van der Waals surface area contributed by atoms with E-state index in [2.05, 4.69) is 210 Å². The van der Waals surface area contributed by atoms with Gasteiger partial charge in [0.05, 0.1) is 88.5 Å². The maximum absolute atomic E-state index is 9.80. The highest BCUT2D eigenvalue weighted by Crippen LogP contribution is 2.66. The predicted octanol–water partition coefficient (Wildman–Crippen LogP) is 24.0. The number of rotatable bonds is 6. The Balaban J connectivity index is 0.000000198. The number of benzene rings is 2. The Kier molecular flexibility index (Phi) is 26.9. The van der Waals surface area contributed by atoms with Gasteiger partial charge in [0, 0.05) is 5.57 Å². The maximum atomic E-state index is 9.80. The summed E-state index contributed by atoms with van der Waals surface area (Å²) in [4.78, 5) is 24.7. The van der Waals surface area contributed by atoms with Crippen LogP contribution in [-0.2, 0) is 0 Å². The number of allylic oxidation sites excluding steroid dienone is 15. The number of nitriles is 7. The molecule has 6 saturated carbocycles. The average Bonchev–Trinajstić information content (AvgIpc) is 1.57. The highest BCUT2D eigenvalue weighted by atomic mass is 14.8. The first-order valence-corrected chi connectivity index (χ1v) is 37.5. The normalized spacial score (nSPS) is 26.8. The van der Waals surface area contributed by atoms with Gasteiger partial charge in [0.25, 0.3) is 39.9 Å². The summed E-state index contributed by atoms with van der Waals surface area (Å²) < 4.78 is 0. The first-order valence-electron chi connectivity index (χ1n) is 37.5. The van der Waals surface area contributed by atoms with Crippen molar-refractivity contribution >= 4 is 17.7 Å². The molecule has 8 aliphatic rings. The molecule has 0 amide bonds. The average molecular weight is 1400 g/mol. The van der Waals surface area contributed by atoms with Crippen LogP contribution >= 0.6 is 0 Å². The molecule has 10 rings (SSSR count). The Bertz CT molecular complexity index is 4400. The molecule has 0 saturated heterocycles. The van der Waals surface area contributed by atoms with Gasteiger partial charge in [-0.15, -0.1) is 0 Å². The largest absolute Gasteiger partial charge is 0.270 e. The molecular weight excluding hydrogens is 1300 g/mol. The minimum atomic E-state index is -0.0219. The second-order valence-electron chi connectivity index (χ2n) is 34.2. The lowest BCUT2D eigenvalue weighted by atomic mass is 9.63. The van der Waals surface area contributed by atoms with Gasteiger partial charge < -0.3 is 0 Å². The molecule has 11 atom stereocenters. The van der Waals surface area contributed by atoms with Crippen molar-refractivity contribution in [3.05, 3.63) is 235 Å². The van der Waals surface area contributed by atoms with Crippen LogP contribution in [0.4, 0.5) is 0 Å².